The first kappa shape index (κ1) is 15.1. The molecule has 5 nitrogen and oxygen atoms in total. The molecule has 0 fully saturated rings. The highest BCUT2D eigenvalue weighted by atomic mass is 35.5. The second-order valence-electron chi connectivity index (χ2n) is 4.25. The van der Waals surface area contributed by atoms with Gasteiger partial charge in [-0.1, -0.05) is 23.4 Å². The summed E-state index contributed by atoms with van der Waals surface area (Å²) in [6.07, 6.45) is 1.60. The van der Waals surface area contributed by atoms with E-state index in [9.17, 15) is 4.79 Å². The maximum Gasteiger partial charge on any atom is 0.251 e. The van der Waals surface area contributed by atoms with E-state index in [0.29, 0.717) is 27.8 Å². The Bertz CT molecular complexity index is 713. The first-order chi connectivity index (χ1) is 10.1. The summed E-state index contributed by atoms with van der Waals surface area (Å²) in [5.74, 6) is 6.45. The fourth-order valence-corrected chi connectivity index (χ4v) is 1.87. The lowest BCUT2D eigenvalue weighted by molar-refractivity contribution is 0.0947. The highest BCUT2D eigenvalue weighted by Gasteiger charge is 2.09. The fraction of sp³-hybridized carbons (Fsp3) is 0.200. The van der Waals surface area contributed by atoms with E-state index >= 15 is 0 Å². The molecule has 1 aromatic carbocycles. The summed E-state index contributed by atoms with van der Waals surface area (Å²) in [6, 6.07) is 4.91. The van der Waals surface area contributed by atoms with Gasteiger partial charge >= 0.3 is 0 Å². The number of nitrogens with two attached hydrogens (primary N) is 1. The van der Waals surface area contributed by atoms with Gasteiger partial charge in [0.15, 0.2) is 0 Å². The van der Waals surface area contributed by atoms with Crippen LogP contribution in [0.1, 0.15) is 27.6 Å². The molecule has 0 unspecified atom stereocenters. The van der Waals surface area contributed by atoms with Crippen molar-refractivity contribution in [3.05, 3.63) is 52.2 Å². The van der Waals surface area contributed by atoms with Gasteiger partial charge in [-0.15, -0.1) is 0 Å². The summed E-state index contributed by atoms with van der Waals surface area (Å²) in [5, 5.41) is 3.12. The van der Waals surface area contributed by atoms with Crippen LogP contribution >= 0.6 is 11.6 Å². The van der Waals surface area contributed by atoms with Gasteiger partial charge < -0.3 is 15.5 Å². The van der Waals surface area contributed by atoms with Crippen molar-refractivity contribution < 1.29 is 9.21 Å². The Balaban J connectivity index is 2.04. The van der Waals surface area contributed by atoms with Crippen LogP contribution in [0.3, 0.4) is 0 Å². The summed E-state index contributed by atoms with van der Waals surface area (Å²) in [7, 11) is 0. The van der Waals surface area contributed by atoms with Crippen molar-refractivity contribution in [2.75, 3.05) is 6.54 Å². The lowest BCUT2D eigenvalue weighted by Gasteiger charge is -2.04. The van der Waals surface area contributed by atoms with E-state index in [4.69, 9.17) is 21.8 Å². The molecule has 0 radical (unpaired) electrons. The molecule has 0 aliphatic rings. The van der Waals surface area contributed by atoms with Crippen LogP contribution in [0.15, 0.2) is 28.8 Å². The van der Waals surface area contributed by atoms with Crippen LogP contribution < -0.4 is 11.1 Å². The summed E-state index contributed by atoms with van der Waals surface area (Å²) >= 11 is 6.08. The number of aromatic nitrogens is 1. The van der Waals surface area contributed by atoms with E-state index in [-0.39, 0.29) is 19.0 Å². The average molecular weight is 304 g/mol. The summed E-state index contributed by atoms with van der Waals surface area (Å²) in [6.45, 7) is 2.27. The molecule has 0 aliphatic heterocycles. The molecular weight excluding hydrogens is 290 g/mol. The van der Waals surface area contributed by atoms with E-state index in [2.05, 4.69) is 22.1 Å². The lowest BCUT2D eigenvalue weighted by Crippen LogP contribution is -2.22. The molecule has 0 atom stereocenters. The highest BCUT2D eigenvalue weighted by Crippen LogP contribution is 2.17. The fourth-order valence-electron chi connectivity index (χ4n) is 1.65. The van der Waals surface area contributed by atoms with E-state index in [1.165, 1.54) is 0 Å². The molecule has 1 aromatic heterocycles. The van der Waals surface area contributed by atoms with E-state index in [1.54, 1.807) is 31.3 Å². The zero-order valence-electron chi connectivity index (χ0n) is 11.4. The number of oxazole rings is 1. The number of nitrogens with zero attached hydrogens (tertiary/aromatic N) is 1. The number of amides is 1. The Hall–Kier alpha value is -2.29. The molecule has 6 heteroatoms. The predicted octanol–water partition coefficient (Wildman–Crippen LogP) is 1.88. The van der Waals surface area contributed by atoms with E-state index in [0.717, 1.165) is 0 Å². The monoisotopic (exact) mass is 303 g/mol. The minimum atomic E-state index is -0.258. The number of halogens is 1. The molecule has 0 saturated heterocycles. The number of aryl methyl sites for hydroxylation is 1. The van der Waals surface area contributed by atoms with Gasteiger partial charge in [-0.2, -0.15) is 0 Å². The quantitative estimate of drug-likeness (QED) is 0.848. The molecule has 21 heavy (non-hydrogen) atoms. The lowest BCUT2D eigenvalue weighted by atomic mass is 10.1. The van der Waals surface area contributed by atoms with E-state index in [1.807, 2.05) is 0 Å². The van der Waals surface area contributed by atoms with Crippen molar-refractivity contribution in [1.29, 1.82) is 0 Å². The molecule has 0 saturated carbocycles. The SMILES string of the molecule is Cc1cnc(CNC(=O)c2ccc(C#CCN)c(Cl)c2)o1. The third-order valence-electron chi connectivity index (χ3n) is 2.63. The normalized spacial score (nSPS) is 9.86. The Morgan fingerprint density at radius 2 is 2.33 bits per heavy atom. The van der Waals surface area contributed by atoms with Crippen LogP contribution in [-0.2, 0) is 6.54 Å². The predicted molar refractivity (Wildman–Crippen MR) is 79.8 cm³/mol. The molecule has 0 spiro atoms. The van der Waals surface area contributed by atoms with Crippen molar-refractivity contribution in [2.24, 2.45) is 5.73 Å². The van der Waals surface area contributed by atoms with Gasteiger partial charge in [0.05, 0.1) is 24.3 Å². The summed E-state index contributed by atoms with van der Waals surface area (Å²) < 4.78 is 5.27. The molecule has 2 rings (SSSR count). The zero-order valence-corrected chi connectivity index (χ0v) is 12.2. The first-order valence-electron chi connectivity index (χ1n) is 6.28. The number of carbonyl (C=O) groups is 1. The Morgan fingerprint density at radius 3 is 2.95 bits per heavy atom. The molecule has 0 aliphatic carbocycles. The van der Waals surface area contributed by atoms with Gasteiger partial charge in [0.1, 0.15) is 5.76 Å². The molecule has 1 heterocycles. The van der Waals surface area contributed by atoms with Gasteiger partial charge in [-0.3, -0.25) is 4.79 Å². The Labute approximate surface area is 127 Å². The number of hydrogen-bond acceptors (Lipinski definition) is 4. The second-order valence-corrected chi connectivity index (χ2v) is 4.66. The topological polar surface area (TPSA) is 81.2 Å². The van der Waals surface area contributed by atoms with Gasteiger partial charge in [-0.05, 0) is 25.1 Å². The Kier molecular flexibility index (Phi) is 4.99. The number of rotatable bonds is 3. The van der Waals surface area contributed by atoms with Gasteiger partial charge in [0.2, 0.25) is 5.89 Å². The standard InChI is InChI=1S/C15H14ClN3O2/c1-10-8-18-14(21-10)9-19-15(20)12-5-4-11(3-2-6-17)13(16)7-12/h4-5,7-8H,6,9,17H2,1H3,(H,19,20). The van der Waals surface area contributed by atoms with Crippen LogP contribution in [0.2, 0.25) is 5.02 Å². The largest absolute Gasteiger partial charge is 0.444 e. The van der Waals surface area contributed by atoms with Gasteiger partial charge in [-0.25, -0.2) is 4.98 Å². The van der Waals surface area contributed by atoms with Crippen LogP contribution in [0.4, 0.5) is 0 Å². The van der Waals surface area contributed by atoms with Crippen LogP contribution in [0.25, 0.3) is 0 Å². The van der Waals surface area contributed by atoms with Crippen LogP contribution in [0.5, 0.6) is 0 Å². The summed E-state index contributed by atoms with van der Waals surface area (Å²) in [4.78, 5) is 16.0. The van der Waals surface area contributed by atoms with Crippen molar-refractivity contribution in [3.8, 4) is 11.8 Å². The van der Waals surface area contributed by atoms with Crippen molar-refractivity contribution in [1.82, 2.24) is 10.3 Å². The molecule has 3 N–H and O–H groups in total. The highest BCUT2D eigenvalue weighted by molar-refractivity contribution is 6.32. The molecule has 0 bridgehead atoms. The van der Waals surface area contributed by atoms with Crippen LogP contribution in [0, 0.1) is 18.8 Å². The zero-order chi connectivity index (χ0) is 15.2. The Morgan fingerprint density at radius 1 is 1.52 bits per heavy atom. The number of carbonyl (C=O) groups excluding carboxylic acids is 1. The number of nitrogens with one attached hydrogen (secondary N) is 1. The second kappa shape index (κ2) is 6.93. The van der Waals surface area contributed by atoms with Crippen molar-refractivity contribution in [2.45, 2.75) is 13.5 Å². The molecule has 2 aromatic rings. The smallest absolute Gasteiger partial charge is 0.251 e. The third-order valence-corrected chi connectivity index (χ3v) is 2.94. The molecular formula is C15H14ClN3O2. The average Bonchev–Trinajstić information content (AvgIpc) is 2.89. The minimum absolute atomic E-state index is 0.221. The van der Waals surface area contributed by atoms with E-state index < -0.39 is 0 Å². The first-order valence-corrected chi connectivity index (χ1v) is 6.66. The number of hydrogen-bond donors (Lipinski definition) is 2. The van der Waals surface area contributed by atoms with Crippen molar-refractivity contribution in [3.63, 3.8) is 0 Å². The minimum Gasteiger partial charge on any atom is -0.444 e. The van der Waals surface area contributed by atoms with Gasteiger partial charge in [0.25, 0.3) is 5.91 Å². The maximum atomic E-state index is 12.0. The molecule has 1 amide bonds. The maximum absolute atomic E-state index is 12.0. The van der Waals surface area contributed by atoms with Gasteiger partial charge in [0, 0.05) is 11.1 Å². The van der Waals surface area contributed by atoms with Crippen molar-refractivity contribution >= 4 is 17.5 Å². The number of benzene rings is 1. The third kappa shape index (κ3) is 4.09. The molecule has 108 valence electrons. The summed E-state index contributed by atoms with van der Waals surface area (Å²) in [5.41, 5.74) is 6.39. The van der Waals surface area contributed by atoms with Crippen LogP contribution in [-0.4, -0.2) is 17.4 Å².